The van der Waals surface area contributed by atoms with Crippen molar-refractivity contribution in [3.63, 3.8) is 0 Å². The molecule has 5 heteroatoms. The van der Waals surface area contributed by atoms with Crippen LogP contribution in [0.4, 0.5) is 5.69 Å². The van der Waals surface area contributed by atoms with Gasteiger partial charge in [0, 0.05) is 23.3 Å². The molecule has 1 fully saturated rings. The molecule has 0 saturated heterocycles. The summed E-state index contributed by atoms with van der Waals surface area (Å²) in [6, 6.07) is 17.7. The average molecular weight is 394 g/mol. The monoisotopic (exact) mass is 393 g/mol. The molecule has 2 aromatic rings. The molecule has 29 heavy (non-hydrogen) atoms. The fourth-order valence-electron chi connectivity index (χ4n) is 3.82. The maximum absolute atomic E-state index is 12.4. The largest absolute Gasteiger partial charge is 0.349 e. The lowest BCUT2D eigenvalue weighted by molar-refractivity contribution is -0.115. The molecular formula is C24H31N3O2. The molecule has 0 spiro atoms. The van der Waals surface area contributed by atoms with Gasteiger partial charge in [0.1, 0.15) is 0 Å². The van der Waals surface area contributed by atoms with Crippen molar-refractivity contribution >= 4 is 17.5 Å². The van der Waals surface area contributed by atoms with Crippen molar-refractivity contribution in [2.75, 3.05) is 11.9 Å². The predicted molar refractivity (Wildman–Crippen MR) is 117 cm³/mol. The zero-order chi connectivity index (χ0) is 20.5. The first-order chi connectivity index (χ1) is 14.2. The van der Waals surface area contributed by atoms with Gasteiger partial charge in [-0.2, -0.15) is 0 Å². The second-order valence-electron chi connectivity index (χ2n) is 7.69. The van der Waals surface area contributed by atoms with E-state index >= 15 is 0 Å². The van der Waals surface area contributed by atoms with Gasteiger partial charge in [0.15, 0.2) is 0 Å². The third-order valence-corrected chi connectivity index (χ3v) is 5.49. The van der Waals surface area contributed by atoms with Crippen LogP contribution < -0.4 is 16.0 Å². The summed E-state index contributed by atoms with van der Waals surface area (Å²) in [6.45, 7) is 2.33. The number of hydrogen-bond donors (Lipinski definition) is 3. The van der Waals surface area contributed by atoms with Gasteiger partial charge >= 0.3 is 0 Å². The Kier molecular flexibility index (Phi) is 7.82. The van der Waals surface area contributed by atoms with Crippen LogP contribution >= 0.6 is 0 Å². The van der Waals surface area contributed by atoms with Crippen molar-refractivity contribution in [2.24, 2.45) is 0 Å². The zero-order valence-electron chi connectivity index (χ0n) is 17.1. The quantitative estimate of drug-likeness (QED) is 0.621. The summed E-state index contributed by atoms with van der Waals surface area (Å²) in [4.78, 5) is 24.7. The van der Waals surface area contributed by atoms with Crippen LogP contribution in [-0.4, -0.2) is 24.4 Å². The zero-order valence-corrected chi connectivity index (χ0v) is 17.1. The Hall–Kier alpha value is -2.66. The SMILES string of the molecule is CCC(NCC(=O)Nc1ccc(C(=O)NC2CCCCC2)cc1)c1ccccc1. The number of carbonyl (C=O) groups excluding carboxylic acids is 2. The molecule has 3 N–H and O–H groups in total. The van der Waals surface area contributed by atoms with Crippen molar-refractivity contribution in [1.29, 1.82) is 0 Å². The molecule has 0 radical (unpaired) electrons. The van der Waals surface area contributed by atoms with Crippen molar-refractivity contribution in [2.45, 2.75) is 57.5 Å². The maximum atomic E-state index is 12.4. The first-order valence-electron chi connectivity index (χ1n) is 10.6. The molecule has 3 rings (SSSR count). The number of anilines is 1. The van der Waals surface area contributed by atoms with Gasteiger partial charge in [-0.05, 0) is 49.1 Å². The Bertz CT molecular complexity index is 784. The third-order valence-electron chi connectivity index (χ3n) is 5.49. The van der Waals surface area contributed by atoms with Crippen molar-refractivity contribution < 1.29 is 9.59 Å². The van der Waals surface area contributed by atoms with E-state index in [1.165, 1.54) is 24.8 Å². The highest BCUT2D eigenvalue weighted by atomic mass is 16.2. The van der Waals surface area contributed by atoms with Gasteiger partial charge < -0.3 is 16.0 Å². The lowest BCUT2D eigenvalue weighted by Gasteiger charge is -2.22. The van der Waals surface area contributed by atoms with Gasteiger partial charge in [-0.15, -0.1) is 0 Å². The van der Waals surface area contributed by atoms with E-state index in [2.05, 4.69) is 35.0 Å². The lowest BCUT2D eigenvalue weighted by Crippen LogP contribution is -2.36. The smallest absolute Gasteiger partial charge is 0.251 e. The Balaban J connectivity index is 1.47. The lowest BCUT2D eigenvalue weighted by atomic mass is 9.95. The molecule has 154 valence electrons. The summed E-state index contributed by atoms with van der Waals surface area (Å²) < 4.78 is 0. The van der Waals surface area contributed by atoms with E-state index in [-0.39, 0.29) is 30.4 Å². The Labute approximate surface area is 173 Å². The summed E-state index contributed by atoms with van der Waals surface area (Å²) >= 11 is 0. The van der Waals surface area contributed by atoms with Gasteiger partial charge in [0.25, 0.3) is 5.91 Å². The van der Waals surface area contributed by atoms with Gasteiger partial charge in [0.2, 0.25) is 5.91 Å². The van der Waals surface area contributed by atoms with Crippen LogP contribution in [0.1, 0.15) is 67.4 Å². The number of benzene rings is 2. The van der Waals surface area contributed by atoms with Crippen LogP contribution in [0.15, 0.2) is 54.6 Å². The average Bonchev–Trinajstić information content (AvgIpc) is 2.76. The molecule has 1 aliphatic rings. The number of amides is 2. The Morgan fingerprint density at radius 3 is 2.31 bits per heavy atom. The summed E-state index contributed by atoms with van der Waals surface area (Å²) in [7, 11) is 0. The summed E-state index contributed by atoms with van der Waals surface area (Å²) in [5.74, 6) is -0.135. The van der Waals surface area contributed by atoms with E-state index in [0.29, 0.717) is 11.3 Å². The maximum Gasteiger partial charge on any atom is 0.251 e. The normalized spacial score (nSPS) is 15.5. The summed E-state index contributed by atoms with van der Waals surface area (Å²) in [5.41, 5.74) is 2.50. The molecule has 0 heterocycles. The van der Waals surface area contributed by atoms with Crippen LogP contribution in [0.3, 0.4) is 0 Å². The highest BCUT2D eigenvalue weighted by Crippen LogP contribution is 2.18. The Morgan fingerprint density at radius 2 is 1.66 bits per heavy atom. The van der Waals surface area contributed by atoms with E-state index in [4.69, 9.17) is 0 Å². The molecule has 0 bridgehead atoms. The molecule has 0 aromatic heterocycles. The van der Waals surface area contributed by atoms with Crippen molar-refractivity contribution in [3.8, 4) is 0 Å². The topological polar surface area (TPSA) is 70.2 Å². The van der Waals surface area contributed by atoms with E-state index < -0.39 is 0 Å². The minimum atomic E-state index is -0.0983. The van der Waals surface area contributed by atoms with Crippen LogP contribution in [0, 0.1) is 0 Å². The standard InChI is InChI=1S/C24H31N3O2/c1-2-22(18-9-5-3-6-10-18)25-17-23(28)26-21-15-13-19(14-16-21)24(29)27-20-11-7-4-8-12-20/h3,5-6,9-10,13-16,20,22,25H,2,4,7-8,11-12,17H2,1H3,(H,26,28)(H,27,29). The molecule has 1 unspecified atom stereocenters. The van der Waals surface area contributed by atoms with Gasteiger partial charge in [-0.3, -0.25) is 9.59 Å². The molecule has 0 aliphatic heterocycles. The molecule has 1 saturated carbocycles. The van der Waals surface area contributed by atoms with Gasteiger partial charge in [0.05, 0.1) is 6.54 Å². The Morgan fingerprint density at radius 1 is 0.966 bits per heavy atom. The number of carbonyl (C=O) groups is 2. The number of nitrogens with one attached hydrogen (secondary N) is 3. The third kappa shape index (κ3) is 6.43. The molecule has 1 atom stereocenters. The minimum Gasteiger partial charge on any atom is -0.349 e. The van der Waals surface area contributed by atoms with E-state index in [0.717, 1.165) is 19.3 Å². The van der Waals surface area contributed by atoms with Crippen LogP contribution in [0.2, 0.25) is 0 Å². The minimum absolute atomic E-state index is 0.0370. The molecule has 2 amide bonds. The molecule has 5 nitrogen and oxygen atoms in total. The first-order valence-corrected chi connectivity index (χ1v) is 10.6. The van der Waals surface area contributed by atoms with E-state index in [1.54, 1.807) is 24.3 Å². The van der Waals surface area contributed by atoms with Crippen LogP contribution in [0.25, 0.3) is 0 Å². The van der Waals surface area contributed by atoms with Crippen molar-refractivity contribution in [1.82, 2.24) is 10.6 Å². The predicted octanol–water partition coefficient (Wildman–Crippen LogP) is 4.43. The van der Waals surface area contributed by atoms with Crippen LogP contribution in [-0.2, 0) is 4.79 Å². The molecule has 1 aliphatic carbocycles. The van der Waals surface area contributed by atoms with Crippen LogP contribution in [0.5, 0.6) is 0 Å². The molecule has 2 aromatic carbocycles. The second kappa shape index (κ2) is 10.8. The van der Waals surface area contributed by atoms with E-state index in [1.807, 2.05) is 18.2 Å². The highest BCUT2D eigenvalue weighted by molar-refractivity contribution is 5.96. The van der Waals surface area contributed by atoms with Gasteiger partial charge in [-0.1, -0.05) is 56.5 Å². The van der Waals surface area contributed by atoms with Crippen molar-refractivity contribution in [3.05, 3.63) is 65.7 Å². The molecular weight excluding hydrogens is 362 g/mol. The fraction of sp³-hybridized carbons (Fsp3) is 0.417. The fourth-order valence-corrected chi connectivity index (χ4v) is 3.82. The highest BCUT2D eigenvalue weighted by Gasteiger charge is 2.16. The summed E-state index contributed by atoms with van der Waals surface area (Å²) in [6.07, 6.45) is 6.67. The number of hydrogen-bond acceptors (Lipinski definition) is 3. The summed E-state index contributed by atoms with van der Waals surface area (Å²) in [5, 5.41) is 9.31. The number of rotatable bonds is 8. The first kappa shape index (κ1) is 21.1. The second-order valence-corrected chi connectivity index (χ2v) is 7.69. The van der Waals surface area contributed by atoms with E-state index in [9.17, 15) is 9.59 Å². The van der Waals surface area contributed by atoms with Gasteiger partial charge in [-0.25, -0.2) is 0 Å².